The predicted molar refractivity (Wildman–Crippen MR) is 58.2 cm³/mol. The second-order valence-electron chi connectivity index (χ2n) is 3.15. The summed E-state index contributed by atoms with van der Waals surface area (Å²) in [6.45, 7) is 6.35. The van der Waals surface area contributed by atoms with Crippen molar-refractivity contribution >= 4 is 17.6 Å². The highest BCUT2D eigenvalue weighted by atomic mass is 35.5. The Kier molecular flexibility index (Phi) is 16.1. The van der Waals surface area contributed by atoms with Crippen molar-refractivity contribution in [3.8, 4) is 0 Å². The lowest BCUT2D eigenvalue weighted by atomic mass is 10.6. The molecule has 1 N–H and O–H groups in total. The largest absolute Gasteiger partial charge is 0.478 e. The number of hydrogen-bond acceptors (Lipinski definition) is 1. The molecule has 0 aromatic heterocycles. The van der Waals surface area contributed by atoms with Gasteiger partial charge < -0.3 is 9.59 Å². The lowest BCUT2D eigenvalue weighted by Crippen LogP contribution is -2.33. The molecule has 0 aromatic carbocycles. The van der Waals surface area contributed by atoms with Crippen LogP contribution in [-0.4, -0.2) is 49.6 Å². The number of carboxylic acids is 1. The first kappa shape index (κ1) is 18.3. The van der Waals surface area contributed by atoms with Gasteiger partial charge in [-0.25, -0.2) is 4.79 Å². The molecular formula is C9H21ClNO2+. The number of alkyl halides is 1. The van der Waals surface area contributed by atoms with Gasteiger partial charge >= 0.3 is 5.97 Å². The maximum atomic E-state index is 9.25. The zero-order chi connectivity index (χ0) is 11.5. The molecule has 0 heterocycles. The van der Waals surface area contributed by atoms with Gasteiger partial charge in [-0.3, -0.25) is 0 Å². The van der Waals surface area contributed by atoms with Gasteiger partial charge in [-0.05, 0) is 6.92 Å². The minimum Gasteiger partial charge on any atom is -0.478 e. The summed E-state index contributed by atoms with van der Waals surface area (Å²) in [6, 6.07) is 0. The number of hydrogen-bond donors (Lipinski definition) is 1. The standard InChI is InChI=1S/C5H14N.C3H4O2.CH3Cl/c1-5-6(2,3)4;1-2-3(4)5;1-2/h5H2,1-4H3;2H,1H2,(H,4,5);1H3/q+1;;. The molecule has 0 spiro atoms. The van der Waals surface area contributed by atoms with Crippen molar-refractivity contribution in [2.24, 2.45) is 0 Å². The molecule has 0 aliphatic heterocycles. The zero-order valence-corrected chi connectivity index (χ0v) is 9.93. The van der Waals surface area contributed by atoms with Crippen molar-refractivity contribution in [3.05, 3.63) is 12.7 Å². The molecule has 3 nitrogen and oxygen atoms in total. The summed E-state index contributed by atoms with van der Waals surface area (Å²) in [7, 11) is 6.54. The van der Waals surface area contributed by atoms with E-state index in [0.29, 0.717) is 0 Å². The molecule has 0 aromatic rings. The Morgan fingerprint density at radius 2 is 1.62 bits per heavy atom. The number of rotatable bonds is 2. The topological polar surface area (TPSA) is 37.3 Å². The monoisotopic (exact) mass is 210 g/mol. The number of nitrogens with zero attached hydrogens (tertiary/aromatic N) is 1. The summed E-state index contributed by atoms with van der Waals surface area (Å²) >= 11 is 4.64. The van der Waals surface area contributed by atoms with Gasteiger partial charge in [0.25, 0.3) is 0 Å². The van der Waals surface area contributed by atoms with Crippen LogP contribution in [0.3, 0.4) is 0 Å². The summed E-state index contributed by atoms with van der Waals surface area (Å²) in [4.78, 5) is 9.25. The Balaban J connectivity index is -0.000000131. The van der Waals surface area contributed by atoms with Crippen LogP contribution in [0, 0.1) is 0 Å². The third-order valence-corrected chi connectivity index (χ3v) is 1.12. The summed E-state index contributed by atoms with van der Waals surface area (Å²) in [6.07, 6.45) is 2.31. The molecule has 0 aliphatic carbocycles. The maximum absolute atomic E-state index is 9.25. The van der Waals surface area contributed by atoms with E-state index in [1.807, 2.05) is 0 Å². The van der Waals surface area contributed by atoms with Crippen LogP contribution in [0.15, 0.2) is 12.7 Å². The molecule has 0 radical (unpaired) electrons. The first-order valence-electron chi connectivity index (χ1n) is 3.87. The first-order chi connectivity index (χ1) is 5.83. The van der Waals surface area contributed by atoms with Crippen LogP contribution >= 0.6 is 11.6 Å². The van der Waals surface area contributed by atoms with Crippen LogP contribution in [0.2, 0.25) is 0 Å². The predicted octanol–water partition coefficient (Wildman–Crippen LogP) is 1.82. The number of halogens is 1. The third kappa shape index (κ3) is 51.6. The van der Waals surface area contributed by atoms with Gasteiger partial charge in [0.1, 0.15) is 0 Å². The van der Waals surface area contributed by atoms with Crippen LogP contribution in [0.4, 0.5) is 0 Å². The molecule has 0 saturated carbocycles. The third-order valence-electron chi connectivity index (χ3n) is 1.12. The van der Waals surface area contributed by atoms with Gasteiger partial charge in [-0.1, -0.05) is 6.58 Å². The highest BCUT2D eigenvalue weighted by molar-refractivity contribution is 6.15. The smallest absolute Gasteiger partial charge is 0.327 e. The van der Waals surface area contributed by atoms with Crippen molar-refractivity contribution in [1.82, 2.24) is 0 Å². The molecule has 0 unspecified atom stereocenters. The molecule has 0 amide bonds. The van der Waals surface area contributed by atoms with Gasteiger partial charge in [-0.2, -0.15) is 0 Å². The molecule has 80 valence electrons. The van der Waals surface area contributed by atoms with Gasteiger partial charge in [0.2, 0.25) is 0 Å². The fourth-order valence-electron chi connectivity index (χ4n) is 0. The first-order valence-corrected chi connectivity index (χ1v) is 4.62. The fourth-order valence-corrected chi connectivity index (χ4v) is 0. The Hall–Kier alpha value is -0.540. The number of quaternary nitrogens is 1. The van der Waals surface area contributed by atoms with Crippen LogP contribution in [-0.2, 0) is 4.79 Å². The van der Waals surface area contributed by atoms with Crippen molar-refractivity contribution in [2.45, 2.75) is 6.92 Å². The lowest BCUT2D eigenvalue weighted by molar-refractivity contribution is -0.868. The van der Waals surface area contributed by atoms with E-state index < -0.39 is 5.97 Å². The summed E-state index contributed by atoms with van der Waals surface area (Å²) in [5.41, 5.74) is 0. The van der Waals surface area contributed by atoms with Crippen molar-refractivity contribution < 1.29 is 14.4 Å². The number of aliphatic carboxylic acids is 1. The molecular weight excluding hydrogens is 190 g/mol. The van der Waals surface area contributed by atoms with E-state index in [1.165, 1.54) is 12.9 Å². The zero-order valence-electron chi connectivity index (χ0n) is 9.17. The normalized spacial score (nSPS) is 8.46. The molecule has 4 heteroatoms. The highest BCUT2D eigenvalue weighted by Crippen LogP contribution is 1.83. The quantitative estimate of drug-likeness (QED) is 0.429. The van der Waals surface area contributed by atoms with E-state index in [9.17, 15) is 4.79 Å². The lowest BCUT2D eigenvalue weighted by Gasteiger charge is -2.20. The Morgan fingerprint density at radius 3 is 1.62 bits per heavy atom. The van der Waals surface area contributed by atoms with Crippen LogP contribution < -0.4 is 0 Å². The highest BCUT2D eigenvalue weighted by Gasteiger charge is 1.97. The number of carboxylic acid groups (broad SMARTS) is 1. The minimum atomic E-state index is -0.981. The average molecular weight is 211 g/mol. The van der Waals surface area contributed by atoms with E-state index >= 15 is 0 Å². The van der Waals surface area contributed by atoms with E-state index in [4.69, 9.17) is 5.11 Å². The van der Waals surface area contributed by atoms with Crippen molar-refractivity contribution in [2.75, 3.05) is 34.1 Å². The van der Waals surface area contributed by atoms with Crippen molar-refractivity contribution in [3.63, 3.8) is 0 Å². The molecule has 13 heavy (non-hydrogen) atoms. The molecule has 0 atom stereocenters. The van der Waals surface area contributed by atoms with Gasteiger partial charge in [0, 0.05) is 12.5 Å². The molecule has 0 saturated heterocycles. The molecule has 0 aliphatic rings. The van der Waals surface area contributed by atoms with Crippen LogP contribution in [0.5, 0.6) is 0 Å². The van der Waals surface area contributed by atoms with Crippen molar-refractivity contribution in [1.29, 1.82) is 0 Å². The van der Waals surface area contributed by atoms with E-state index in [2.05, 4.69) is 46.2 Å². The fraction of sp³-hybridized carbons (Fsp3) is 0.667. The van der Waals surface area contributed by atoms with Crippen LogP contribution in [0.25, 0.3) is 0 Å². The SMILES string of the molecule is C=CC(=O)O.CC[N+](C)(C)C.CCl. The molecule has 0 fully saturated rings. The Morgan fingerprint density at radius 1 is 1.46 bits per heavy atom. The average Bonchev–Trinajstić information content (AvgIpc) is 2.08. The van der Waals surface area contributed by atoms with E-state index in [1.54, 1.807) is 0 Å². The second-order valence-corrected chi connectivity index (χ2v) is 3.15. The van der Waals surface area contributed by atoms with Gasteiger partial charge in [0.05, 0.1) is 27.7 Å². The van der Waals surface area contributed by atoms with E-state index in [0.717, 1.165) is 10.6 Å². The minimum absolute atomic E-state index is 0.833. The van der Waals surface area contributed by atoms with Gasteiger partial charge in [-0.15, -0.1) is 11.6 Å². The summed E-state index contributed by atoms with van der Waals surface area (Å²) in [5.74, 6) is -0.981. The number of carbonyl (C=O) groups is 1. The van der Waals surface area contributed by atoms with Gasteiger partial charge in [0.15, 0.2) is 0 Å². The Labute approximate surface area is 86.2 Å². The summed E-state index contributed by atoms with van der Waals surface area (Å²) < 4.78 is 1.07. The second kappa shape index (κ2) is 11.5. The molecule has 0 bridgehead atoms. The van der Waals surface area contributed by atoms with E-state index in [-0.39, 0.29) is 0 Å². The Bertz CT molecular complexity index is 130. The maximum Gasteiger partial charge on any atom is 0.327 e. The summed E-state index contributed by atoms with van der Waals surface area (Å²) in [5, 5.41) is 7.60. The van der Waals surface area contributed by atoms with Crippen LogP contribution in [0.1, 0.15) is 6.92 Å². The molecule has 0 rings (SSSR count).